The van der Waals surface area contributed by atoms with Gasteiger partial charge in [0.2, 0.25) is 0 Å². The minimum atomic E-state index is -1.87. The van der Waals surface area contributed by atoms with Gasteiger partial charge in [0.15, 0.2) is 11.6 Å². The summed E-state index contributed by atoms with van der Waals surface area (Å²) in [5.74, 6) is -10.6. The zero-order chi connectivity index (χ0) is 23.3. The van der Waals surface area contributed by atoms with Crippen LogP contribution in [0.5, 0.6) is 0 Å². The van der Waals surface area contributed by atoms with Crippen LogP contribution in [0.4, 0.5) is 0 Å². The van der Waals surface area contributed by atoms with E-state index in [-0.39, 0.29) is 28.5 Å². The Bertz CT molecular complexity index is 569. The maximum absolute atomic E-state index is 12.9. The van der Waals surface area contributed by atoms with E-state index in [4.69, 9.17) is 0 Å². The molecule has 0 aromatic carbocycles. The average Bonchev–Trinajstić information content (AvgIpc) is 2.42. The Kier molecular flexibility index (Phi) is 9.58. The first-order chi connectivity index (χ1) is 12.9. The largest absolute Gasteiger partial charge is 0.481 e. The lowest BCUT2D eigenvalue weighted by Crippen LogP contribution is -2.52. The standard InChI is InChI=1S/C19H34N2O8/c1-8-11(16(24)14(18(26)27)12(22)9-20(2,3)4)17(25)15(19(28)29)13(23)10-21(5,6)7/h11-15,22-23H,8-10H2,1-7H3/p+2. The van der Waals surface area contributed by atoms with Crippen LogP contribution in [0.15, 0.2) is 0 Å². The van der Waals surface area contributed by atoms with Crippen molar-refractivity contribution in [3.63, 3.8) is 0 Å². The van der Waals surface area contributed by atoms with E-state index >= 15 is 0 Å². The van der Waals surface area contributed by atoms with Crippen molar-refractivity contribution in [2.24, 2.45) is 17.8 Å². The van der Waals surface area contributed by atoms with Gasteiger partial charge in [0, 0.05) is 0 Å². The molecule has 0 aromatic heterocycles. The summed E-state index contributed by atoms with van der Waals surface area (Å²) in [6, 6.07) is 0. The first-order valence-electron chi connectivity index (χ1n) is 9.43. The molecule has 0 saturated heterocycles. The van der Waals surface area contributed by atoms with Crippen LogP contribution >= 0.6 is 0 Å². The van der Waals surface area contributed by atoms with Gasteiger partial charge in [0.25, 0.3) is 0 Å². The Morgan fingerprint density at radius 2 is 0.966 bits per heavy atom. The van der Waals surface area contributed by atoms with Crippen molar-refractivity contribution in [2.75, 3.05) is 55.4 Å². The Hall–Kier alpha value is -1.88. The number of carboxylic acid groups (broad SMARTS) is 2. The summed E-state index contributed by atoms with van der Waals surface area (Å²) in [6.07, 6.45) is -3.25. The molecule has 0 bridgehead atoms. The molecule has 29 heavy (non-hydrogen) atoms. The second-order valence-corrected chi connectivity index (χ2v) is 9.48. The van der Waals surface area contributed by atoms with Gasteiger partial charge in [-0.2, -0.15) is 0 Å². The molecule has 0 saturated carbocycles. The molecule has 0 aromatic rings. The van der Waals surface area contributed by atoms with Gasteiger partial charge in [-0.05, 0) is 6.42 Å². The lowest BCUT2D eigenvalue weighted by molar-refractivity contribution is -0.873. The monoisotopic (exact) mass is 420 g/mol. The third-order valence-electron chi connectivity index (χ3n) is 4.48. The van der Waals surface area contributed by atoms with E-state index in [1.54, 1.807) is 42.3 Å². The van der Waals surface area contributed by atoms with Crippen LogP contribution in [0.2, 0.25) is 0 Å². The molecule has 0 heterocycles. The Morgan fingerprint density at radius 3 is 1.14 bits per heavy atom. The van der Waals surface area contributed by atoms with Gasteiger partial charge >= 0.3 is 11.9 Å². The molecule has 4 N–H and O–H groups in total. The number of aliphatic hydroxyl groups excluding tert-OH is 2. The van der Waals surface area contributed by atoms with Gasteiger partial charge in [-0.25, -0.2) is 0 Å². The summed E-state index contributed by atoms with van der Waals surface area (Å²) in [6.45, 7) is 1.34. The van der Waals surface area contributed by atoms with E-state index in [0.717, 1.165) is 0 Å². The maximum atomic E-state index is 12.9. The molecular formula is C19H36N2O8+2. The van der Waals surface area contributed by atoms with Crippen LogP contribution in [-0.4, -0.2) is 120 Å². The van der Waals surface area contributed by atoms with E-state index in [0.29, 0.717) is 0 Å². The van der Waals surface area contributed by atoms with Gasteiger partial charge in [-0.1, -0.05) is 6.92 Å². The van der Waals surface area contributed by atoms with Crippen LogP contribution in [0.1, 0.15) is 13.3 Å². The van der Waals surface area contributed by atoms with Crippen LogP contribution in [0.25, 0.3) is 0 Å². The van der Waals surface area contributed by atoms with Gasteiger partial charge in [0.1, 0.15) is 37.1 Å². The summed E-state index contributed by atoms with van der Waals surface area (Å²) < 4.78 is 0.367. The maximum Gasteiger partial charge on any atom is 0.316 e. The molecule has 4 atom stereocenters. The number of nitrogens with zero attached hydrogens (tertiary/aromatic N) is 2. The molecule has 168 valence electrons. The van der Waals surface area contributed by atoms with Crippen molar-refractivity contribution >= 4 is 23.5 Å². The quantitative estimate of drug-likeness (QED) is 0.212. The molecule has 10 nitrogen and oxygen atoms in total. The molecule has 10 heteroatoms. The number of carbonyl (C=O) groups excluding carboxylic acids is 2. The topological polar surface area (TPSA) is 149 Å². The molecule has 0 aliphatic carbocycles. The number of hydrogen-bond acceptors (Lipinski definition) is 6. The summed E-state index contributed by atoms with van der Waals surface area (Å²) in [5, 5.41) is 39.6. The molecular weight excluding hydrogens is 384 g/mol. The summed E-state index contributed by atoms with van der Waals surface area (Å²) in [4.78, 5) is 49.1. The molecule has 0 aliphatic heterocycles. The van der Waals surface area contributed by atoms with Crippen LogP contribution < -0.4 is 0 Å². The Labute approximate surface area is 171 Å². The number of quaternary nitrogens is 2. The second-order valence-electron chi connectivity index (χ2n) is 9.48. The van der Waals surface area contributed by atoms with E-state index in [1.165, 1.54) is 6.92 Å². The summed E-state index contributed by atoms with van der Waals surface area (Å²) in [7, 11) is 10.2. The molecule has 0 amide bonds. The van der Waals surface area contributed by atoms with Crippen LogP contribution in [-0.2, 0) is 19.2 Å². The fourth-order valence-corrected chi connectivity index (χ4v) is 3.26. The number of Topliss-reactive ketones (excluding diaryl/α,β-unsaturated/α-hetero) is 2. The second kappa shape index (κ2) is 10.2. The average molecular weight is 421 g/mol. The highest BCUT2D eigenvalue weighted by Gasteiger charge is 2.46. The SMILES string of the molecule is CCC(C(=O)C(C(=O)O)C(O)C[N+](C)(C)C)C(=O)C(C(=O)O)C(O)C[N+](C)(C)C. The predicted octanol–water partition coefficient (Wildman–Crippen LogP) is -1.31. The van der Waals surface area contributed by atoms with Crippen LogP contribution in [0.3, 0.4) is 0 Å². The zero-order valence-corrected chi connectivity index (χ0v) is 18.3. The van der Waals surface area contributed by atoms with Gasteiger partial charge in [-0.3, -0.25) is 19.2 Å². The third-order valence-corrected chi connectivity index (χ3v) is 4.48. The van der Waals surface area contributed by atoms with E-state index in [1.807, 2.05) is 0 Å². The number of ketones is 2. The fraction of sp³-hybridized carbons (Fsp3) is 0.789. The molecule has 4 unspecified atom stereocenters. The molecule has 0 aliphatic rings. The van der Waals surface area contributed by atoms with E-state index in [2.05, 4.69) is 0 Å². The number of carboxylic acids is 2. The summed E-state index contributed by atoms with van der Waals surface area (Å²) in [5.41, 5.74) is 0. The molecule has 0 rings (SSSR count). The first-order valence-corrected chi connectivity index (χ1v) is 9.43. The normalized spacial score (nSPS) is 17.7. The van der Waals surface area contributed by atoms with Crippen molar-refractivity contribution in [1.29, 1.82) is 0 Å². The lowest BCUT2D eigenvalue weighted by atomic mass is 9.79. The van der Waals surface area contributed by atoms with Crippen LogP contribution in [0, 0.1) is 17.8 Å². The Morgan fingerprint density at radius 1 is 0.690 bits per heavy atom. The third kappa shape index (κ3) is 8.57. The smallest absolute Gasteiger partial charge is 0.316 e. The predicted molar refractivity (Wildman–Crippen MR) is 104 cm³/mol. The van der Waals surface area contributed by atoms with Gasteiger partial charge in [-0.15, -0.1) is 0 Å². The van der Waals surface area contributed by atoms with Gasteiger partial charge in [0.05, 0.1) is 48.2 Å². The first kappa shape index (κ1) is 27.1. The van der Waals surface area contributed by atoms with Crippen molar-refractivity contribution in [3.8, 4) is 0 Å². The van der Waals surface area contributed by atoms with Crippen molar-refractivity contribution in [1.82, 2.24) is 0 Å². The minimum absolute atomic E-state index is 0.0557. The highest BCUT2D eigenvalue weighted by molar-refractivity contribution is 6.14. The molecule has 0 spiro atoms. The van der Waals surface area contributed by atoms with Crippen molar-refractivity contribution < 1.29 is 48.6 Å². The number of hydrogen-bond donors (Lipinski definition) is 4. The Balaban J connectivity index is 5.85. The highest BCUT2D eigenvalue weighted by atomic mass is 16.4. The van der Waals surface area contributed by atoms with Crippen molar-refractivity contribution in [2.45, 2.75) is 25.6 Å². The van der Waals surface area contributed by atoms with Gasteiger partial charge < -0.3 is 29.4 Å². The number of likely N-dealkylation sites (N-methyl/N-ethyl adjacent to an activating group) is 2. The minimum Gasteiger partial charge on any atom is -0.481 e. The number of rotatable bonds is 13. The molecule has 0 fully saturated rings. The van der Waals surface area contributed by atoms with E-state index in [9.17, 15) is 39.6 Å². The lowest BCUT2D eigenvalue weighted by Gasteiger charge is -2.31. The fourth-order valence-electron chi connectivity index (χ4n) is 3.26. The number of aliphatic hydroxyl groups is 2. The van der Waals surface area contributed by atoms with E-state index < -0.39 is 53.5 Å². The molecule has 0 radical (unpaired) electrons. The van der Waals surface area contributed by atoms with Crippen molar-refractivity contribution in [3.05, 3.63) is 0 Å². The zero-order valence-electron chi connectivity index (χ0n) is 18.3. The summed E-state index contributed by atoms with van der Waals surface area (Å²) >= 11 is 0. The number of carbonyl (C=O) groups is 4. The highest BCUT2D eigenvalue weighted by Crippen LogP contribution is 2.23. The number of aliphatic carboxylic acids is 2.